The molecular weight excluding hydrogens is 821 g/mol. The Morgan fingerprint density at radius 2 is 0.824 bits per heavy atom. The van der Waals surface area contributed by atoms with Crippen molar-refractivity contribution in [1.82, 2.24) is 4.57 Å². The monoisotopic (exact) mass is 870 g/mol. The number of hydrogen-bond acceptors (Lipinski definition) is 1. The van der Waals surface area contributed by atoms with Gasteiger partial charge in [0.1, 0.15) is 0 Å². The molecule has 0 radical (unpaired) electrons. The highest BCUT2D eigenvalue weighted by molar-refractivity contribution is 6.18. The quantitative estimate of drug-likeness (QED) is 0.155. The van der Waals surface area contributed by atoms with Crippen LogP contribution in [-0.4, -0.2) is 4.57 Å². The van der Waals surface area contributed by atoms with Crippen LogP contribution in [0.5, 0.6) is 0 Å². The van der Waals surface area contributed by atoms with Crippen molar-refractivity contribution in [2.45, 2.75) is 38.5 Å². The Kier molecular flexibility index (Phi) is 8.95. The van der Waals surface area contributed by atoms with Gasteiger partial charge in [-0.3, -0.25) is 0 Å². The zero-order valence-corrected chi connectivity index (χ0v) is 38.8. The van der Waals surface area contributed by atoms with Gasteiger partial charge in [-0.05, 0) is 127 Å². The van der Waals surface area contributed by atoms with Gasteiger partial charge in [0, 0.05) is 49.9 Å². The van der Waals surface area contributed by atoms with Crippen LogP contribution < -0.4 is 4.90 Å². The number of para-hydroxylation sites is 2. The summed E-state index contributed by atoms with van der Waals surface area (Å²) in [4.78, 5) is 2.44. The fraction of sp³-hybridized carbons (Fsp3) is 0.0909. The van der Waals surface area contributed by atoms with E-state index in [9.17, 15) is 0 Å². The second-order valence-electron chi connectivity index (χ2n) is 19.7. The zero-order chi connectivity index (χ0) is 45.7. The van der Waals surface area contributed by atoms with Gasteiger partial charge in [0.05, 0.1) is 11.2 Å². The van der Waals surface area contributed by atoms with E-state index in [0.717, 1.165) is 17.1 Å². The summed E-state index contributed by atoms with van der Waals surface area (Å²) in [6, 6.07) is 85.4. The number of nitrogens with zero attached hydrogens (tertiary/aromatic N) is 2. The Labute approximate surface area is 399 Å². The van der Waals surface area contributed by atoms with Crippen molar-refractivity contribution in [3.8, 4) is 61.5 Å². The highest BCUT2D eigenvalue weighted by Gasteiger charge is 2.38. The van der Waals surface area contributed by atoms with Crippen molar-refractivity contribution >= 4 is 38.7 Å². The third-order valence-electron chi connectivity index (χ3n) is 15.2. The lowest BCUT2D eigenvalue weighted by Crippen LogP contribution is -2.18. The molecule has 13 rings (SSSR count). The lowest BCUT2D eigenvalue weighted by atomic mass is 9.81. The summed E-state index contributed by atoms with van der Waals surface area (Å²) in [5.74, 6) is 0. The lowest BCUT2D eigenvalue weighted by Gasteiger charge is -2.29. The minimum Gasteiger partial charge on any atom is -0.310 e. The first-order valence-corrected chi connectivity index (χ1v) is 23.9. The van der Waals surface area contributed by atoms with Crippen LogP contribution in [0.4, 0.5) is 17.1 Å². The number of anilines is 3. The second kappa shape index (κ2) is 15.2. The Balaban J connectivity index is 0.947. The van der Waals surface area contributed by atoms with E-state index in [1.165, 1.54) is 105 Å². The summed E-state index contributed by atoms with van der Waals surface area (Å²) in [6.07, 6.45) is 0. The third kappa shape index (κ3) is 5.97. The van der Waals surface area contributed by atoms with Gasteiger partial charge >= 0.3 is 0 Å². The molecule has 0 aliphatic heterocycles. The van der Waals surface area contributed by atoms with Crippen LogP contribution in [0.25, 0.3) is 83.1 Å². The van der Waals surface area contributed by atoms with Crippen molar-refractivity contribution in [1.29, 1.82) is 0 Å². The van der Waals surface area contributed by atoms with Crippen molar-refractivity contribution in [3.63, 3.8) is 0 Å². The molecule has 0 saturated heterocycles. The lowest BCUT2D eigenvalue weighted by molar-refractivity contribution is 0.660. The van der Waals surface area contributed by atoms with Gasteiger partial charge < -0.3 is 9.47 Å². The molecule has 1 aromatic heterocycles. The highest BCUT2D eigenvalue weighted by Crippen LogP contribution is 2.54. The number of hydrogen-bond donors (Lipinski definition) is 0. The van der Waals surface area contributed by atoms with E-state index in [-0.39, 0.29) is 10.8 Å². The maximum absolute atomic E-state index is 2.50. The van der Waals surface area contributed by atoms with Crippen molar-refractivity contribution < 1.29 is 0 Å². The number of benzene rings is 10. The van der Waals surface area contributed by atoms with Gasteiger partial charge in [-0.2, -0.15) is 0 Å². The predicted molar refractivity (Wildman–Crippen MR) is 287 cm³/mol. The minimum atomic E-state index is -0.240. The van der Waals surface area contributed by atoms with Gasteiger partial charge in [0.2, 0.25) is 0 Å². The van der Waals surface area contributed by atoms with Crippen molar-refractivity contribution in [2.75, 3.05) is 4.90 Å². The molecule has 0 bridgehead atoms. The largest absolute Gasteiger partial charge is 0.310 e. The van der Waals surface area contributed by atoms with Gasteiger partial charge in [-0.15, -0.1) is 0 Å². The van der Waals surface area contributed by atoms with E-state index in [1.807, 2.05) is 0 Å². The van der Waals surface area contributed by atoms with Crippen molar-refractivity contribution in [3.05, 3.63) is 253 Å². The Hall–Kier alpha value is -8.20. The molecule has 324 valence electrons. The smallest absolute Gasteiger partial charge is 0.0620 e. The standard InChI is InChI=1S/C66H50N2/c1-65(2)58-31-18-17-28-52(58)54-36-33-48(41-60(54)65)67(46-24-13-7-14-25-46)49-34-37-55-53-35-32-45(40-59(53)66(3,4)61(55)42-49)50-29-19-30-56-51(50)38-39-57-62(43-20-9-5-10-21-43)63(44-22-11-6-12-23-44)68(64(56)57)47-26-15-8-16-27-47/h5-42H,1-4H3. The van der Waals surface area contributed by atoms with E-state index in [0.29, 0.717) is 0 Å². The molecule has 0 fully saturated rings. The summed E-state index contributed by atoms with van der Waals surface area (Å²) in [5, 5.41) is 3.71. The molecule has 0 N–H and O–H groups in total. The van der Waals surface area contributed by atoms with Crippen LogP contribution in [0.1, 0.15) is 49.9 Å². The summed E-state index contributed by atoms with van der Waals surface area (Å²) < 4.78 is 2.50. The first-order valence-electron chi connectivity index (χ1n) is 23.9. The van der Waals surface area contributed by atoms with Crippen LogP contribution in [0, 0.1) is 0 Å². The summed E-state index contributed by atoms with van der Waals surface area (Å²) >= 11 is 0. The molecule has 10 aromatic carbocycles. The fourth-order valence-electron chi connectivity index (χ4n) is 11.9. The molecule has 0 spiro atoms. The molecule has 2 aliphatic carbocycles. The van der Waals surface area contributed by atoms with E-state index >= 15 is 0 Å². The molecule has 2 nitrogen and oxygen atoms in total. The molecule has 0 atom stereocenters. The van der Waals surface area contributed by atoms with Gasteiger partial charge in [-0.25, -0.2) is 0 Å². The van der Waals surface area contributed by atoms with E-state index in [4.69, 9.17) is 0 Å². The van der Waals surface area contributed by atoms with Gasteiger partial charge in [-0.1, -0.05) is 204 Å². The second-order valence-corrected chi connectivity index (χ2v) is 19.7. The molecule has 11 aromatic rings. The minimum absolute atomic E-state index is 0.0952. The van der Waals surface area contributed by atoms with E-state index in [2.05, 4.69) is 268 Å². The molecule has 0 saturated carbocycles. The number of fused-ring (bicyclic) bond motifs is 9. The average Bonchev–Trinajstić information content (AvgIpc) is 3.94. The first kappa shape index (κ1) is 40.1. The molecule has 2 heteroatoms. The van der Waals surface area contributed by atoms with Crippen LogP contribution in [0.3, 0.4) is 0 Å². The fourth-order valence-corrected chi connectivity index (χ4v) is 11.9. The Bertz CT molecular complexity index is 3770. The molecular formula is C66H50N2. The molecule has 0 unspecified atom stereocenters. The van der Waals surface area contributed by atoms with Crippen molar-refractivity contribution in [2.24, 2.45) is 0 Å². The van der Waals surface area contributed by atoms with Crippen LogP contribution in [0.15, 0.2) is 231 Å². The maximum atomic E-state index is 2.50. The molecule has 0 amide bonds. The van der Waals surface area contributed by atoms with Crippen LogP contribution in [0.2, 0.25) is 0 Å². The van der Waals surface area contributed by atoms with Crippen LogP contribution in [-0.2, 0) is 10.8 Å². The van der Waals surface area contributed by atoms with Gasteiger partial charge in [0.15, 0.2) is 0 Å². The predicted octanol–water partition coefficient (Wildman–Crippen LogP) is 17.9. The summed E-state index contributed by atoms with van der Waals surface area (Å²) in [7, 11) is 0. The molecule has 1 heterocycles. The first-order chi connectivity index (χ1) is 33.3. The average molecular weight is 871 g/mol. The summed E-state index contributed by atoms with van der Waals surface area (Å²) in [5.41, 5.74) is 23.6. The normalized spacial score (nSPS) is 13.8. The molecule has 2 aliphatic rings. The summed E-state index contributed by atoms with van der Waals surface area (Å²) in [6.45, 7) is 9.54. The van der Waals surface area contributed by atoms with Gasteiger partial charge in [0.25, 0.3) is 0 Å². The topological polar surface area (TPSA) is 8.17 Å². The zero-order valence-electron chi connectivity index (χ0n) is 38.8. The third-order valence-corrected chi connectivity index (χ3v) is 15.2. The van der Waals surface area contributed by atoms with E-state index < -0.39 is 0 Å². The Morgan fingerprint density at radius 3 is 1.49 bits per heavy atom. The Morgan fingerprint density at radius 1 is 0.324 bits per heavy atom. The van der Waals surface area contributed by atoms with E-state index in [1.54, 1.807) is 0 Å². The highest BCUT2D eigenvalue weighted by atomic mass is 15.1. The SMILES string of the molecule is CC1(C)c2ccccc2-c2ccc(N(c3ccccc3)c3ccc4c(c3)C(C)(C)c3cc(-c5cccc6c5ccc5c(-c7ccccc7)c(-c7ccccc7)n(-c7ccccc7)c56)ccc3-4)cc21. The number of rotatable bonds is 7. The molecule has 68 heavy (non-hydrogen) atoms. The van der Waals surface area contributed by atoms with Crippen LogP contribution >= 0.6 is 0 Å². The number of aromatic nitrogens is 1. The maximum Gasteiger partial charge on any atom is 0.0620 e.